The van der Waals surface area contributed by atoms with Gasteiger partial charge in [0.05, 0.1) is 0 Å². The van der Waals surface area contributed by atoms with Crippen molar-refractivity contribution in [1.29, 1.82) is 0 Å². The van der Waals surface area contributed by atoms with Crippen molar-refractivity contribution in [2.45, 2.75) is 33.1 Å². The minimum absolute atomic E-state index is 1.14. The Labute approximate surface area is 82.1 Å². The van der Waals surface area contributed by atoms with Gasteiger partial charge in [0.25, 0.3) is 0 Å². The lowest BCUT2D eigenvalue weighted by atomic mass is 10.1. The second-order valence-electron chi connectivity index (χ2n) is 3.97. The van der Waals surface area contributed by atoms with Crippen LogP contribution >= 0.6 is 0 Å². The van der Waals surface area contributed by atoms with Gasteiger partial charge < -0.3 is 4.90 Å². The molecule has 1 rings (SSSR count). The van der Waals surface area contributed by atoms with E-state index in [1.54, 1.807) is 5.57 Å². The molecule has 0 unspecified atom stereocenters. The quantitative estimate of drug-likeness (QED) is 0.643. The molecule has 1 heteroatoms. The van der Waals surface area contributed by atoms with Crippen LogP contribution < -0.4 is 0 Å². The molecule has 1 aliphatic rings. The highest BCUT2D eigenvalue weighted by Crippen LogP contribution is 2.17. The Bertz CT molecular complexity index is 213. The van der Waals surface area contributed by atoms with Gasteiger partial charge in [-0.15, -0.1) is 0 Å². The number of nitrogens with zero attached hydrogens (tertiary/aromatic N) is 1. The summed E-state index contributed by atoms with van der Waals surface area (Å²) < 4.78 is 0. The van der Waals surface area contributed by atoms with Crippen molar-refractivity contribution in [3.63, 3.8) is 0 Å². The molecule has 1 aliphatic carbocycles. The number of hydrogen-bond acceptors (Lipinski definition) is 1. The molecule has 0 saturated carbocycles. The van der Waals surface area contributed by atoms with E-state index in [0.29, 0.717) is 0 Å². The van der Waals surface area contributed by atoms with E-state index in [0.717, 1.165) is 13.1 Å². The zero-order valence-electron chi connectivity index (χ0n) is 9.14. The maximum atomic E-state index is 2.37. The molecule has 0 aliphatic heterocycles. The number of likely N-dealkylation sites (N-methyl/N-ethyl adjacent to an activating group) is 1. The van der Waals surface area contributed by atoms with E-state index < -0.39 is 0 Å². The molecule has 0 saturated heterocycles. The van der Waals surface area contributed by atoms with Crippen LogP contribution in [0.4, 0.5) is 0 Å². The fraction of sp³-hybridized carbons (Fsp3) is 0.667. The summed E-state index contributed by atoms with van der Waals surface area (Å²) in [5, 5.41) is 0. The molecule has 0 fully saturated rings. The fourth-order valence-electron chi connectivity index (χ4n) is 1.70. The molecule has 1 nitrogen and oxygen atoms in total. The highest BCUT2D eigenvalue weighted by Gasteiger charge is 2.04. The van der Waals surface area contributed by atoms with E-state index in [1.807, 2.05) is 0 Å². The van der Waals surface area contributed by atoms with E-state index in [9.17, 15) is 0 Å². The molecule has 0 aromatic carbocycles. The lowest BCUT2D eigenvalue weighted by Crippen LogP contribution is -2.20. The van der Waals surface area contributed by atoms with Crippen molar-refractivity contribution in [1.82, 2.24) is 4.90 Å². The summed E-state index contributed by atoms with van der Waals surface area (Å²) in [5.41, 5.74) is 3.03. The van der Waals surface area contributed by atoms with Crippen molar-refractivity contribution in [2.24, 2.45) is 0 Å². The number of allylic oxidation sites excluding steroid dienone is 3. The van der Waals surface area contributed by atoms with E-state index >= 15 is 0 Å². The summed E-state index contributed by atoms with van der Waals surface area (Å²) in [5.74, 6) is 0. The second-order valence-corrected chi connectivity index (χ2v) is 3.97. The average molecular weight is 179 g/mol. The van der Waals surface area contributed by atoms with E-state index in [1.165, 1.54) is 24.8 Å². The molecule has 0 N–H and O–H groups in total. The summed E-state index contributed by atoms with van der Waals surface area (Å²) >= 11 is 0. The Hall–Kier alpha value is -0.560. The van der Waals surface area contributed by atoms with Crippen LogP contribution in [0.5, 0.6) is 0 Å². The largest absolute Gasteiger partial charge is 0.303 e. The second kappa shape index (κ2) is 5.23. The molecule has 0 spiro atoms. The molecule has 0 atom stereocenters. The Morgan fingerprint density at radius 3 is 2.92 bits per heavy atom. The third-order valence-electron chi connectivity index (χ3n) is 2.61. The van der Waals surface area contributed by atoms with Crippen LogP contribution in [0.1, 0.15) is 33.1 Å². The van der Waals surface area contributed by atoms with Gasteiger partial charge in [0.2, 0.25) is 0 Å². The van der Waals surface area contributed by atoms with Gasteiger partial charge in [-0.05, 0) is 39.8 Å². The third kappa shape index (κ3) is 3.77. The van der Waals surface area contributed by atoms with Crippen LogP contribution in [0.3, 0.4) is 0 Å². The Morgan fingerprint density at radius 1 is 1.46 bits per heavy atom. The van der Waals surface area contributed by atoms with Gasteiger partial charge in [-0.2, -0.15) is 0 Å². The fourth-order valence-corrected chi connectivity index (χ4v) is 1.70. The van der Waals surface area contributed by atoms with Gasteiger partial charge in [-0.1, -0.05) is 30.2 Å². The van der Waals surface area contributed by atoms with Crippen molar-refractivity contribution in [2.75, 3.05) is 20.1 Å². The highest BCUT2D eigenvalue weighted by atomic mass is 15.1. The number of hydrogen-bond donors (Lipinski definition) is 0. The van der Waals surface area contributed by atoms with Gasteiger partial charge in [0, 0.05) is 6.54 Å². The first kappa shape index (κ1) is 10.5. The Balaban J connectivity index is 2.53. The first-order valence-electron chi connectivity index (χ1n) is 5.27. The zero-order chi connectivity index (χ0) is 9.68. The van der Waals surface area contributed by atoms with Crippen LogP contribution in [0.2, 0.25) is 0 Å². The van der Waals surface area contributed by atoms with Gasteiger partial charge in [0.1, 0.15) is 0 Å². The van der Waals surface area contributed by atoms with Crippen LogP contribution in [0.25, 0.3) is 0 Å². The maximum absolute atomic E-state index is 2.37. The summed E-state index contributed by atoms with van der Waals surface area (Å²) in [7, 11) is 2.19. The van der Waals surface area contributed by atoms with E-state index in [4.69, 9.17) is 0 Å². The van der Waals surface area contributed by atoms with Gasteiger partial charge in [-0.25, -0.2) is 0 Å². The van der Waals surface area contributed by atoms with Gasteiger partial charge >= 0.3 is 0 Å². The topological polar surface area (TPSA) is 3.24 Å². The Kier molecular flexibility index (Phi) is 4.23. The lowest BCUT2D eigenvalue weighted by Gasteiger charge is -2.15. The van der Waals surface area contributed by atoms with Gasteiger partial charge in [-0.3, -0.25) is 0 Å². The normalized spacial score (nSPS) is 18.2. The molecule has 0 aromatic rings. The average Bonchev–Trinajstić information content (AvgIpc) is 2.30. The van der Waals surface area contributed by atoms with Crippen LogP contribution in [0, 0.1) is 0 Å². The molecule has 0 bridgehead atoms. The van der Waals surface area contributed by atoms with E-state index in [-0.39, 0.29) is 0 Å². The molecule has 0 aromatic heterocycles. The third-order valence-corrected chi connectivity index (χ3v) is 2.61. The molecule has 74 valence electrons. The monoisotopic (exact) mass is 179 g/mol. The SMILES string of the molecule is CCN(C)CC1=CC(C)=CCCC1. The molecular formula is C12H21N. The summed E-state index contributed by atoms with van der Waals surface area (Å²) in [6.45, 7) is 6.69. The summed E-state index contributed by atoms with van der Waals surface area (Å²) in [6, 6.07) is 0. The molecule has 0 heterocycles. The van der Waals surface area contributed by atoms with Gasteiger partial charge in [0.15, 0.2) is 0 Å². The van der Waals surface area contributed by atoms with Crippen molar-refractivity contribution in [3.05, 3.63) is 23.3 Å². The smallest absolute Gasteiger partial charge is 0.0192 e. The molecule has 13 heavy (non-hydrogen) atoms. The number of rotatable bonds is 3. The molecule has 0 amide bonds. The predicted octanol–water partition coefficient (Wildman–Crippen LogP) is 2.99. The summed E-state index contributed by atoms with van der Waals surface area (Å²) in [6.07, 6.45) is 8.55. The van der Waals surface area contributed by atoms with E-state index in [2.05, 4.69) is 37.9 Å². The lowest BCUT2D eigenvalue weighted by molar-refractivity contribution is 0.378. The maximum Gasteiger partial charge on any atom is 0.0192 e. The summed E-state index contributed by atoms with van der Waals surface area (Å²) in [4.78, 5) is 2.37. The first-order valence-corrected chi connectivity index (χ1v) is 5.27. The standard InChI is InChI=1S/C12H21N/c1-4-13(3)10-12-8-6-5-7-11(2)9-12/h7,9H,4-6,8,10H2,1-3H3. The molecule has 0 radical (unpaired) electrons. The zero-order valence-corrected chi connectivity index (χ0v) is 9.14. The van der Waals surface area contributed by atoms with Crippen molar-refractivity contribution < 1.29 is 0 Å². The highest BCUT2D eigenvalue weighted by molar-refractivity contribution is 5.24. The van der Waals surface area contributed by atoms with Crippen LogP contribution in [0.15, 0.2) is 23.3 Å². The predicted molar refractivity (Wildman–Crippen MR) is 58.9 cm³/mol. The van der Waals surface area contributed by atoms with Crippen molar-refractivity contribution in [3.8, 4) is 0 Å². The van der Waals surface area contributed by atoms with Crippen LogP contribution in [-0.4, -0.2) is 25.0 Å². The van der Waals surface area contributed by atoms with Crippen molar-refractivity contribution >= 4 is 0 Å². The minimum atomic E-state index is 1.14. The first-order chi connectivity index (χ1) is 6.22. The van der Waals surface area contributed by atoms with Crippen LogP contribution in [-0.2, 0) is 0 Å². The molecular weight excluding hydrogens is 158 g/mol. The Morgan fingerprint density at radius 2 is 2.23 bits per heavy atom. The minimum Gasteiger partial charge on any atom is -0.303 e.